The maximum atomic E-state index is 13.6. The molecule has 1 N–H and O–H groups in total. The summed E-state index contributed by atoms with van der Waals surface area (Å²) in [5.41, 5.74) is -2.50. The number of aromatic amines is 1. The molecule has 12 nitrogen and oxygen atoms in total. The lowest BCUT2D eigenvalue weighted by molar-refractivity contribution is 0.0332. The number of rotatable bonds is 8. The van der Waals surface area contributed by atoms with Gasteiger partial charge in [-0.1, -0.05) is 0 Å². The van der Waals surface area contributed by atoms with Gasteiger partial charge in [0.25, 0.3) is 15.6 Å². The number of carbonyl (C=O) groups excluding carboxylic acids is 1. The van der Waals surface area contributed by atoms with Crippen molar-refractivity contribution in [3.8, 4) is 0 Å². The average Bonchev–Trinajstić information content (AvgIpc) is 3.15. The molecule has 3 heterocycles. The number of carbonyl (C=O) groups is 1. The van der Waals surface area contributed by atoms with E-state index in [-0.39, 0.29) is 21.0 Å². The minimum atomic E-state index is -4.35. The molecule has 0 atom stereocenters. The number of nitrogens with zero attached hydrogens (tertiary/aromatic N) is 4. The zero-order chi connectivity index (χ0) is 26.5. The van der Waals surface area contributed by atoms with Crippen molar-refractivity contribution >= 4 is 37.7 Å². The molecule has 1 amide bonds. The van der Waals surface area contributed by atoms with E-state index >= 15 is 0 Å². The second-order valence-electron chi connectivity index (χ2n) is 9.98. The summed E-state index contributed by atoms with van der Waals surface area (Å²) in [6.07, 6.45) is 3.27. The molecule has 4 rings (SSSR count). The summed E-state index contributed by atoms with van der Waals surface area (Å²) in [6, 6.07) is 1.20. The minimum absolute atomic E-state index is 0.0371. The number of fused-ring (bicyclic) bond motifs is 1. The van der Waals surface area contributed by atoms with Gasteiger partial charge < -0.3 is 9.47 Å². The first-order chi connectivity index (χ1) is 16.7. The summed E-state index contributed by atoms with van der Waals surface area (Å²) in [7, 11) is -2.78. The van der Waals surface area contributed by atoms with Crippen LogP contribution in [0, 0.1) is 0 Å². The van der Waals surface area contributed by atoms with Crippen molar-refractivity contribution in [2.45, 2.75) is 69.0 Å². The highest BCUT2D eigenvalue weighted by atomic mass is 32.2. The second-order valence-corrected chi connectivity index (χ2v) is 13.0. The van der Waals surface area contributed by atoms with Crippen LogP contribution in [0.4, 0.5) is 4.79 Å². The van der Waals surface area contributed by atoms with Gasteiger partial charge in [0.1, 0.15) is 14.6 Å². The van der Waals surface area contributed by atoms with Crippen LogP contribution in [0.1, 0.15) is 46.1 Å². The Kier molecular flexibility index (Phi) is 6.64. The fourth-order valence-corrected chi connectivity index (χ4v) is 6.77. The van der Waals surface area contributed by atoms with Crippen LogP contribution < -0.4 is 11.2 Å². The van der Waals surface area contributed by atoms with E-state index in [4.69, 9.17) is 9.47 Å². The van der Waals surface area contributed by atoms with Gasteiger partial charge in [0.2, 0.25) is 0 Å². The van der Waals surface area contributed by atoms with E-state index in [1.807, 2.05) is 0 Å². The smallest absolute Gasteiger partial charge is 0.424 e. The number of thiophene rings is 1. The molecule has 1 aliphatic carbocycles. The molecule has 36 heavy (non-hydrogen) atoms. The Balaban J connectivity index is 1.71. The van der Waals surface area contributed by atoms with Crippen LogP contribution >= 0.6 is 11.3 Å². The lowest BCUT2D eigenvalue weighted by Crippen LogP contribution is -2.47. The van der Waals surface area contributed by atoms with Crippen molar-refractivity contribution in [2.75, 3.05) is 13.7 Å². The Morgan fingerprint density at radius 2 is 2.00 bits per heavy atom. The highest BCUT2D eigenvalue weighted by molar-refractivity contribution is 7.92. The van der Waals surface area contributed by atoms with E-state index in [1.54, 1.807) is 51.9 Å². The van der Waals surface area contributed by atoms with Gasteiger partial charge in [-0.05, 0) is 46.6 Å². The van der Waals surface area contributed by atoms with E-state index in [2.05, 4.69) is 10.1 Å². The van der Waals surface area contributed by atoms with Crippen LogP contribution in [0.2, 0.25) is 0 Å². The van der Waals surface area contributed by atoms with E-state index in [0.717, 1.165) is 20.2 Å². The maximum absolute atomic E-state index is 13.6. The lowest BCUT2D eigenvalue weighted by Gasteiger charge is -2.30. The van der Waals surface area contributed by atoms with Crippen LogP contribution in [-0.4, -0.2) is 63.0 Å². The van der Waals surface area contributed by atoms with Gasteiger partial charge in [0, 0.05) is 18.9 Å². The van der Waals surface area contributed by atoms with Gasteiger partial charge in [-0.15, -0.1) is 11.3 Å². The molecule has 1 saturated carbocycles. The number of nitrogens with one attached hydrogen (secondary N) is 1. The highest BCUT2D eigenvalue weighted by Gasteiger charge is 2.54. The molecule has 0 spiro atoms. The molecule has 0 aliphatic heterocycles. The minimum Gasteiger partial charge on any atom is -0.443 e. The molecular formula is C22H29N5O7S2. The van der Waals surface area contributed by atoms with Crippen LogP contribution in [-0.2, 0) is 32.6 Å². The van der Waals surface area contributed by atoms with Gasteiger partial charge in [-0.2, -0.15) is 17.8 Å². The van der Waals surface area contributed by atoms with Gasteiger partial charge in [0.05, 0.1) is 36.8 Å². The van der Waals surface area contributed by atoms with Crippen LogP contribution in [0.25, 0.3) is 10.2 Å². The van der Waals surface area contributed by atoms with E-state index < -0.39 is 38.5 Å². The summed E-state index contributed by atoms with van der Waals surface area (Å²) in [5.74, 6) is 0. The third-order valence-electron chi connectivity index (χ3n) is 5.72. The summed E-state index contributed by atoms with van der Waals surface area (Å²) in [5, 5.41) is 4.22. The number of hydrogen-bond donors (Lipinski definition) is 1. The Hall–Kier alpha value is -2.97. The SMILES string of the molecule is COCCn1cc(Cn2c(=O)[nH]c3sc(S(=O)(=O)N(C(=O)OC(C)(C)C)C4(C)CC4)cc3c2=O)cn1. The zero-order valence-corrected chi connectivity index (χ0v) is 22.4. The molecule has 3 aromatic rings. The van der Waals surface area contributed by atoms with E-state index in [1.165, 1.54) is 6.07 Å². The second kappa shape index (κ2) is 9.16. The third kappa shape index (κ3) is 5.11. The number of sulfonamides is 1. The first-order valence-corrected chi connectivity index (χ1v) is 13.6. The molecule has 0 bridgehead atoms. The molecule has 0 aromatic carbocycles. The Morgan fingerprint density at radius 1 is 1.31 bits per heavy atom. The fourth-order valence-electron chi connectivity index (χ4n) is 3.66. The molecular weight excluding hydrogens is 510 g/mol. The van der Waals surface area contributed by atoms with Gasteiger partial charge in [-0.25, -0.2) is 9.59 Å². The van der Waals surface area contributed by atoms with Crippen molar-refractivity contribution < 1.29 is 22.7 Å². The van der Waals surface area contributed by atoms with Crippen LogP contribution in [0.3, 0.4) is 0 Å². The maximum Gasteiger partial charge on any atom is 0.424 e. The number of hydrogen-bond acceptors (Lipinski definition) is 9. The molecule has 3 aromatic heterocycles. The Labute approximate surface area is 211 Å². The van der Waals surface area contributed by atoms with E-state index in [0.29, 0.717) is 31.6 Å². The van der Waals surface area contributed by atoms with Crippen molar-refractivity contribution in [1.82, 2.24) is 23.6 Å². The molecule has 14 heteroatoms. The molecule has 0 radical (unpaired) electrons. The summed E-state index contributed by atoms with van der Waals surface area (Å²) in [6.45, 7) is 7.55. The summed E-state index contributed by atoms with van der Waals surface area (Å²) >= 11 is 0.732. The first kappa shape index (κ1) is 26.1. The third-order valence-corrected chi connectivity index (χ3v) is 9.14. The summed E-state index contributed by atoms with van der Waals surface area (Å²) < 4.78 is 40.7. The number of ether oxygens (including phenoxy) is 2. The highest BCUT2D eigenvalue weighted by Crippen LogP contribution is 2.45. The Morgan fingerprint density at radius 3 is 2.61 bits per heavy atom. The van der Waals surface area contributed by atoms with Gasteiger partial charge >= 0.3 is 11.8 Å². The van der Waals surface area contributed by atoms with Crippen molar-refractivity contribution in [3.63, 3.8) is 0 Å². The van der Waals surface area contributed by atoms with Crippen LogP contribution in [0.5, 0.6) is 0 Å². The Bertz CT molecular complexity index is 1520. The molecule has 1 aliphatic rings. The van der Waals surface area contributed by atoms with Crippen molar-refractivity contribution in [3.05, 3.63) is 44.9 Å². The normalized spacial score (nSPS) is 15.2. The van der Waals surface area contributed by atoms with Gasteiger partial charge in [0.15, 0.2) is 0 Å². The quantitative estimate of drug-likeness (QED) is 0.458. The number of aromatic nitrogens is 4. The topological polar surface area (TPSA) is 146 Å². The number of methoxy groups -OCH3 is 1. The number of amides is 1. The molecule has 0 unspecified atom stereocenters. The summed E-state index contributed by atoms with van der Waals surface area (Å²) in [4.78, 5) is 41.5. The predicted molar refractivity (Wildman–Crippen MR) is 133 cm³/mol. The monoisotopic (exact) mass is 539 g/mol. The average molecular weight is 540 g/mol. The number of H-pyrrole nitrogens is 1. The lowest BCUT2D eigenvalue weighted by atomic mass is 10.2. The van der Waals surface area contributed by atoms with Gasteiger partial charge in [-0.3, -0.25) is 19.0 Å². The van der Waals surface area contributed by atoms with Crippen molar-refractivity contribution in [2.24, 2.45) is 0 Å². The standard InChI is InChI=1S/C22H29N5O7S2/c1-21(2,3)34-20(30)27(22(4)6-7-22)36(31,32)16-10-15-17(35-16)24-19(29)26(18(15)28)13-14-11-23-25(12-14)8-9-33-5/h10-12H,6-9,13H2,1-5H3,(H,24,29). The molecule has 196 valence electrons. The molecule has 0 saturated heterocycles. The zero-order valence-electron chi connectivity index (χ0n) is 20.7. The predicted octanol–water partition coefficient (Wildman–Crippen LogP) is 2.12. The van der Waals surface area contributed by atoms with Crippen LogP contribution in [0.15, 0.2) is 32.3 Å². The first-order valence-electron chi connectivity index (χ1n) is 11.3. The van der Waals surface area contributed by atoms with Crippen molar-refractivity contribution in [1.29, 1.82) is 0 Å². The largest absolute Gasteiger partial charge is 0.443 e. The fraction of sp³-hybridized carbons (Fsp3) is 0.545. The molecule has 1 fully saturated rings. The van der Waals surface area contributed by atoms with E-state index in [9.17, 15) is 22.8 Å².